The summed E-state index contributed by atoms with van der Waals surface area (Å²) in [7, 11) is 6.61. The average molecular weight is 664 g/mol. The van der Waals surface area contributed by atoms with Crippen molar-refractivity contribution in [2.24, 2.45) is 44.7 Å². The fourth-order valence-corrected chi connectivity index (χ4v) is 4.73. The lowest BCUT2D eigenvalue weighted by atomic mass is 10.2. The fraction of sp³-hybridized carbons (Fsp3) is 0.200. The number of hydrogen-bond acceptors (Lipinski definition) is 6. The molecule has 8 N–H and O–H groups in total. The standard InChI is InChI=1S/C30H34ClN11O5/c1-16(31)26(44)35-18-9-22(40(3)13-18)28(46)37-20-11-24(42(5)15-20)29(47)38-19-10-23(41(4)14-19)27(45)36-17-8-21(39(2)12-17)25(43)6-7-34-30(32)33/h8-15H,1,6-7H2,2-5H3,(H,35,44)(H,36,45)(H,37,46)(H,38,47)(H4,32,33,34). The molecule has 0 aliphatic rings. The Morgan fingerprint density at radius 3 is 1.36 bits per heavy atom. The quantitative estimate of drug-likeness (QED) is 0.0575. The molecule has 0 saturated carbocycles. The van der Waals surface area contributed by atoms with E-state index >= 15 is 0 Å². The highest BCUT2D eigenvalue weighted by molar-refractivity contribution is 6.43. The second kappa shape index (κ2) is 13.9. The van der Waals surface area contributed by atoms with Crippen LogP contribution in [-0.4, -0.2) is 60.2 Å². The molecule has 4 aromatic rings. The van der Waals surface area contributed by atoms with Crippen molar-refractivity contribution in [1.82, 2.24) is 18.3 Å². The van der Waals surface area contributed by atoms with Crippen molar-refractivity contribution in [3.63, 3.8) is 0 Å². The molecule has 0 spiro atoms. The van der Waals surface area contributed by atoms with Crippen molar-refractivity contribution in [3.8, 4) is 0 Å². The van der Waals surface area contributed by atoms with Gasteiger partial charge < -0.3 is 51.0 Å². The minimum atomic E-state index is -0.593. The Labute approximate surface area is 274 Å². The number of anilines is 4. The number of carbonyl (C=O) groups excluding carboxylic acids is 5. The molecule has 0 radical (unpaired) electrons. The number of Topliss-reactive ketones (excluding diaryl/α,β-unsaturated/α-hetero) is 1. The average Bonchev–Trinajstić information content (AvgIpc) is 3.73. The van der Waals surface area contributed by atoms with Crippen molar-refractivity contribution in [2.45, 2.75) is 6.42 Å². The van der Waals surface area contributed by atoms with Gasteiger partial charge in [-0.2, -0.15) is 0 Å². The van der Waals surface area contributed by atoms with Gasteiger partial charge in [0.1, 0.15) is 17.1 Å². The molecule has 0 fully saturated rings. The third kappa shape index (κ3) is 8.17. The molecule has 4 rings (SSSR count). The van der Waals surface area contributed by atoms with Crippen molar-refractivity contribution < 1.29 is 24.0 Å². The minimum absolute atomic E-state index is 0.0974. The molecular weight excluding hydrogens is 630 g/mol. The summed E-state index contributed by atoms with van der Waals surface area (Å²) in [5, 5.41) is 10.6. The second-order valence-electron chi connectivity index (χ2n) is 10.6. The maximum absolute atomic E-state index is 13.1. The number of nitrogens with one attached hydrogen (secondary N) is 4. The van der Waals surface area contributed by atoms with Crippen LogP contribution in [0.2, 0.25) is 0 Å². The van der Waals surface area contributed by atoms with Gasteiger partial charge in [0, 0.05) is 59.4 Å². The minimum Gasteiger partial charge on any atom is -0.370 e. The lowest BCUT2D eigenvalue weighted by molar-refractivity contribution is -0.112. The molecule has 0 aliphatic heterocycles. The third-order valence-corrected chi connectivity index (χ3v) is 7.09. The summed E-state index contributed by atoms with van der Waals surface area (Å²) < 4.78 is 6.20. The number of aromatic nitrogens is 4. The maximum atomic E-state index is 13.1. The maximum Gasteiger partial charge on any atom is 0.272 e. The number of hydrogen-bond donors (Lipinski definition) is 6. The number of amides is 4. The van der Waals surface area contributed by atoms with Gasteiger partial charge >= 0.3 is 0 Å². The zero-order chi connectivity index (χ0) is 34.6. The van der Waals surface area contributed by atoms with Crippen LogP contribution in [0.4, 0.5) is 22.7 Å². The summed E-state index contributed by atoms with van der Waals surface area (Å²) >= 11 is 5.61. The van der Waals surface area contributed by atoms with Crippen molar-refractivity contribution >= 4 is 69.7 Å². The summed E-state index contributed by atoms with van der Waals surface area (Å²) in [6.07, 6.45) is 6.39. The highest BCUT2D eigenvalue weighted by atomic mass is 35.5. The first-order chi connectivity index (χ1) is 22.1. The molecule has 0 bridgehead atoms. The van der Waals surface area contributed by atoms with E-state index in [1.807, 2.05) is 0 Å². The highest BCUT2D eigenvalue weighted by Crippen LogP contribution is 2.21. The second-order valence-corrected chi connectivity index (χ2v) is 11.1. The van der Waals surface area contributed by atoms with Crippen LogP contribution in [0.5, 0.6) is 0 Å². The Morgan fingerprint density at radius 2 is 1.00 bits per heavy atom. The van der Waals surface area contributed by atoms with Crippen LogP contribution in [0.25, 0.3) is 0 Å². The zero-order valence-corrected chi connectivity index (χ0v) is 26.8. The van der Waals surface area contributed by atoms with Crippen molar-refractivity contribution in [3.05, 3.63) is 83.4 Å². The van der Waals surface area contributed by atoms with Gasteiger partial charge in [0.15, 0.2) is 11.7 Å². The summed E-state index contributed by atoms with van der Waals surface area (Å²) in [6.45, 7) is 3.51. The first kappa shape index (κ1) is 33.9. The monoisotopic (exact) mass is 663 g/mol. The van der Waals surface area contributed by atoms with Crippen LogP contribution in [0, 0.1) is 0 Å². The van der Waals surface area contributed by atoms with E-state index in [4.69, 9.17) is 23.1 Å². The molecule has 4 heterocycles. The first-order valence-corrected chi connectivity index (χ1v) is 14.3. The molecule has 47 heavy (non-hydrogen) atoms. The summed E-state index contributed by atoms with van der Waals surface area (Å²) in [5.74, 6) is -2.31. The van der Waals surface area contributed by atoms with Gasteiger partial charge in [0.25, 0.3) is 23.6 Å². The summed E-state index contributed by atoms with van der Waals surface area (Å²) in [5.41, 5.74) is 13.2. The lowest BCUT2D eigenvalue weighted by Gasteiger charge is -2.03. The van der Waals surface area contributed by atoms with Crippen molar-refractivity contribution in [2.75, 3.05) is 27.8 Å². The number of carbonyl (C=O) groups is 5. The van der Waals surface area contributed by atoms with E-state index in [2.05, 4.69) is 32.8 Å². The van der Waals surface area contributed by atoms with E-state index in [1.165, 1.54) is 27.3 Å². The predicted molar refractivity (Wildman–Crippen MR) is 179 cm³/mol. The Balaban J connectivity index is 1.39. The fourth-order valence-electron chi connectivity index (χ4n) is 4.68. The molecule has 16 nitrogen and oxygen atoms in total. The highest BCUT2D eigenvalue weighted by Gasteiger charge is 2.20. The van der Waals surface area contributed by atoms with E-state index < -0.39 is 23.6 Å². The Kier molecular flexibility index (Phi) is 10.0. The SMILES string of the molecule is C=C(Cl)C(=O)Nc1cc(C(=O)Nc2cc(C(=O)Nc3cc(C(=O)Nc4cc(C(=O)CCN=C(N)N)n(C)c4)n(C)c3)n(C)c2)n(C)c1. The van der Waals surface area contributed by atoms with Gasteiger partial charge in [-0.05, 0) is 24.3 Å². The predicted octanol–water partition coefficient (Wildman–Crippen LogP) is 2.33. The molecule has 0 saturated heterocycles. The van der Waals surface area contributed by atoms with Crippen LogP contribution in [0.15, 0.2) is 65.7 Å². The number of nitrogens with zero attached hydrogens (tertiary/aromatic N) is 5. The van der Waals surface area contributed by atoms with Gasteiger partial charge in [0.05, 0.1) is 40.0 Å². The molecule has 4 aromatic heterocycles. The summed E-state index contributed by atoms with van der Waals surface area (Å²) in [6, 6.07) is 6.04. The summed E-state index contributed by atoms with van der Waals surface area (Å²) in [4.78, 5) is 67.3. The van der Waals surface area contributed by atoms with Gasteiger partial charge in [-0.15, -0.1) is 0 Å². The largest absolute Gasteiger partial charge is 0.370 e. The van der Waals surface area contributed by atoms with Crippen molar-refractivity contribution in [1.29, 1.82) is 0 Å². The third-order valence-electron chi connectivity index (χ3n) is 6.91. The smallest absolute Gasteiger partial charge is 0.272 e. The Morgan fingerprint density at radius 1 is 0.660 bits per heavy atom. The molecular formula is C30H34ClN11O5. The van der Waals surface area contributed by atoms with E-state index in [-0.39, 0.29) is 46.8 Å². The number of rotatable bonds is 12. The molecule has 0 aliphatic carbocycles. The normalized spacial score (nSPS) is 10.7. The number of ketones is 1. The van der Waals surface area contributed by atoms with Crippen LogP contribution < -0.4 is 32.7 Å². The number of aryl methyl sites for hydroxylation is 4. The van der Waals surface area contributed by atoms with Crippen LogP contribution in [0.3, 0.4) is 0 Å². The van der Waals surface area contributed by atoms with Crippen LogP contribution in [-0.2, 0) is 33.0 Å². The molecule has 246 valence electrons. The molecule has 0 atom stereocenters. The van der Waals surface area contributed by atoms with Crippen LogP contribution >= 0.6 is 11.6 Å². The molecule has 4 amide bonds. The van der Waals surface area contributed by atoms with Gasteiger partial charge in [-0.25, -0.2) is 0 Å². The van der Waals surface area contributed by atoms with E-state index in [9.17, 15) is 24.0 Å². The van der Waals surface area contributed by atoms with Crippen LogP contribution in [0.1, 0.15) is 48.4 Å². The molecule has 0 aromatic carbocycles. The van der Waals surface area contributed by atoms with Gasteiger partial charge in [-0.3, -0.25) is 29.0 Å². The molecule has 0 unspecified atom stereocenters. The Hall–Kier alpha value is -6.03. The zero-order valence-electron chi connectivity index (χ0n) is 26.1. The molecule has 17 heteroatoms. The number of nitrogens with two attached hydrogens (primary N) is 2. The first-order valence-electron chi connectivity index (χ1n) is 14.0. The van der Waals surface area contributed by atoms with Gasteiger partial charge in [-0.1, -0.05) is 18.2 Å². The topological polar surface area (TPSA) is 218 Å². The Bertz CT molecular complexity index is 1940. The lowest BCUT2D eigenvalue weighted by Crippen LogP contribution is -2.23. The van der Waals surface area contributed by atoms with E-state index in [0.717, 1.165) is 0 Å². The number of aliphatic imine (C=N–C) groups is 1. The van der Waals surface area contributed by atoms with E-state index in [0.29, 0.717) is 28.4 Å². The van der Waals surface area contributed by atoms with E-state index in [1.54, 1.807) is 68.2 Å². The van der Waals surface area contributed by atoms with Gasteiger partial charge in [0.2, 0.25) is 0 Å². The number of halogens is 1. The number of guanidine groups is 1.